The summed E-state index contributed by atoms with van der Waals surface area (Å²) in [4.78, 5) is 25.4. The molecule has 1 atom stereocenters. The average Bonchev–Trinajstić information content (AvgIpc) is 3.12. The molecule has 2 heterocycles. The highest BCUT2D eigenvalue weighted by Crippen LogP contribution is 2.32. The van der Waals surface area contributed by atoms with Crippen molar-refractivity contribution in [3.8, 4) is 0 Å². The number of piperidine rings is 1. The lowest BCUT2D eigenvalue weighted by Crippen LogP contribution is -2.34. The first-order valence-corrected chi connectivity index (χ1v) is 8.38. The van der Waals surface area contributed by atoms with Crippen molar-refractivity contribution in [1.82, 2.24) is 5.32 Å². The van der Waals surface area contributed by atoms with Crippen molar-refractivity contribution >= 4 is 17.3 Å². The molecular weight excluding hydrogens is 322 g/mol. The number of nitro groups is 1. The minimum Gasteiger partial charge on any atom is -0.467 e. The van der Waals surface area contributed by atoms with E-state index in [-0.39, 0.29) is 23.7 Å². The van der Waals surface area contributed by atoms with Crippen LogP contribution in [0.4, 0.5) is 11.4 Å². The van der Waals surface area contributed by atoms with Crippen molar-refractivity contribution in [2.45, 2.75) is 26.3 Å². The smallest absolute Gasteiger partial charge is 0.293 e. The minimum atomic E-state index is -0.419. The van der Waals surface area contributed by atoms with E-state index in [4.69, 9.17) is 4.42 Å². The topological polar surface area (TPSA) is 88.6 Å². The number of carbonyl (C=O) groups is 1. The van der Waals surface area contributed by atoms with Gasteiger partial charge in [-0.05, 0) is 43.0 Å². The maximum absolute atomic E-state index is 12.3. The van der Waals surface area contributed by atoms with Gasteiger partial charge in [-0.1, -0.05) is 6.92 Å². The van der Waals surface area contributed by atoms with Gasteiger partial charge in [-0.3, -0.25) is 14.9 Å². The van der Waals surface area contributed by atoms with Crippen LogP contribution < -0.4 is 10.2 Å². The summed E-state index contributed by atoms with van der Waals surface area (Å²) < 4.78 is 5.16. The van der Waals surface area contributed by atoms with Gasteiger partial charge in [0, 0.05) is 24.7 Å². The number of hydrogen-bond acceptors (Lipinski definition) is 5. The molecule has 1 aliphatic rings. The van der Waals surface area contributed by atoms with Crippen LogP contribution in [-0.2, 0) is 6.54 Å². The van der Waals surface area contributed by atoms with E-state index in [2.05, 4.69) is 12.2 Å². The first-order chi connectivity index (χ1) is 12.0. The number of benzene rings is 1. The van der Waals surface area contributed by atoms with Gasteiger partial charge in [-0.25, -0.2) is 0 Å². The van der Waals surface area contributed by atoms with Crippen molar-refractivity contribution in [2.24, 2.45) is 5.92 Å². The molecule has 0 spiro atoms. The predicted octanol–water partition coefficient (Wildman–Crippen LogP) is 3.35. The number of rotatable bonds is 5. The van der Waals surface area contributed by atoms with E-state index in [9.17, 15) is 14.9 Å². The Morgan fingerprint density at radius 1 is 1.44 bits per heavy atom. The minimum absolute atomic E-state index is 0.0280. The molecule has 0 aliphatic carbocycles. The molecule has 0 unspecified atom stereocenters. The molecule has 0 saturated carbocycles. The summed E-state index contributed by atoms with van der Waals surface area (Å²) in [5.74, 6) is 0.768. The van der Waals surface area contributed by atoms with Crippen LogP contribution in [0.2, 0.25) is 0 Å². The Balaban J connectivity index is 1.78. The second-order valence-corrected chi connectivity index (χ2v) is 6.42. The molecule has 1 amide bonds. The normalized spacial score (nSPS) is 17.3. The molecule has 1 aromatic carbocycles. The highest BCUT2D eigenvalue weighted by molar-refractivity contribution is 5.95. The standard InChI is InChI=1S/C18H21N3O4/c1-13-4-2-8-20(12-13)16-7-6-14(10-17(16)21(23)24)18(22)19-11-15-5-3-9-25-15/h3,5-7,9-10,13H,2,4,8,11-12H2,1H3,(H,19,22)/t13-/m0/s1. The zero-order valence-corrected chi connectivity index (χ0v) is 14.1. The van der Waals surface area contributed by atoms with E-state index in [1.165, 1.54) is 12.3 Å². The van der Waals surface area contributed by atoms with Gasteiger partial charge in [0.25, 0.3) is 11.6 Å². The third kappa shape index (κ3) is 3.99. The molecule has 0 bridgehead atoms. The van der Waals surface area contributed by atoms with Crippen LogP contribution in [0.15, 0.2) is 41.0 Å². The first-order valence-electron chi connectivity index (χ1n) is 8.38. The zero-order valence-electron chi connectivity index (χ0n) is 14.1. The lowest BCUT2D eigenvalue weighted by molar-refractivity contribution is -0.384. The van der Waals surface area contributed by atoms with Gasteiger partial charge < -0.3 is 14.6 Å². The van der Waals surface area contributed by atoms with E-state index >= 15 is 0 Å². The largest absolute Gasteiger partial charge is 0.467 e. The quantitative estimate of drug-likeness (QED) is 0.664. The number of nitro benzene ring substituents is 1. The molecule has 132 valence electrons. The fourth-order valence-electron chi connectivity index (χ4n) is 3.17. The van der Waals surface area contributed by atoms with Crippen LogP contribution in [0.25, 0.3) is 0 Å². The summed E-state index contributed by atoms with van der Waals surface area (Å²) in [6.07, 6.45) is 3.68. The Morgan fingerprint density at radius 3 is 2.96 bits per heavy atom. The molecule has 7 nitrogen and oxygen atoms in total. The molecule has 25 heavy (non-hydrogen) atoms. The van der Waals surface area contributed by atoms with E-state index in [0.717, 1.165) is 25.9 Å². The third-order valence-corrected chi connectivity index (χ3v) is 4.44. The summed E-state index contributed by atoms with van der Waals surface area (Å²) in [5, 5.41) is 14.2. The number of nitrogens with zero attached hydrogens (tertiary/aromatic N) is 2. The maximum Gasteiger partial charge on any atom is 0.293 e. The van der Waals surface area contributed by atoms with Crippen LogP contribution >= 0.6 is 0 Å². The van der Waals surface area contributed by atoms with Gasteiger partial charge >= 0.3 is 0 Å². The van der Waals surface area contributed by atoms with E-state index in [0.29, 0.717) is 17.4 Å². The number of hydrogen-bond donors (Lipinski definition) is 1. The Kier molecular flexibility index (Phi) is 5.02. The predicted molar refractivity (Wildman–Crippen MR) is 93.6 cm³/mol. The molecular formula is C18H21N3O4. The first kappa shape index (κ1) is 17.0. The average molecular weight is 343 g/mol. The fourth-order valence-corrected chi connectivity index (χ4v) is 3.17. The van der Waals surface area contributed by atoms with Gasteiger partial charge in [-0.2, -0.15) is 0 Å². The molecule has 7 heteroatoms. The molecule has 1 fully saturated rings. The monoisotopic (exact) mass is 343 g/mol. The highest BCUT2D eigenvalue weighted by atomic mass is 16.6. The summed E-state index contributed by atoms with van der Waals surface area (Å²) in [6.45, 7) is 3.99. The van der Waals surface area contributed by atoms with E-state index in [1.807, 2.05) is 4.90 Å². The Labute approximate surface area is 145 Å². The molecule has 3 rings (SSSR count). The van der Waals surface area contributed by atoms with Gasteiger partial charge in [0.2, 0.25) is 0 Å². The Morgan fingerprint density at radius 2 is 2.28 bits per heavy atom. The number of anilines is 1. The fraction of sp³-hybridized carbons (Fsp3) is 0.389. The van der Waals surface area contributed by atoms with Crippen molar-refractivity contribution in [1.29, 1.82) is 0 Å². The van der Waals surface area contributed by atoms with Crippen LogP contribution in [0, 0.1) is 16.0 Å². The maximum atomic E-state index is 12.3. The second-order valence-electron chi connectivity index (χ2n) is 6.42. The van der Waals surface area contributed by atoms with Crippen LogP contribution in [0.1, 0.15) is 35.9 Å². The summed E-state index contributed by atoms with van der Waals surface area (Å²) in [5.41, 5.74) is 0.825. The number of carbonyl (C=O) groups excluding carboxylic acids is 1. The number of amides is 1. The molecule has 1 aliphatic heterocycles. The van der Waals surface area contributed by atoms with Crippen LogP contribution in [-0.4, -0.2) is 23.9 Å². The molecule has 1 N–H and O–H groups in total. The Bertz CT molecular complexity index is 758. The highest BCUT2D eigenvalue weighted by Gasteiger charge is 2.25. The second kappa shape index (κ2) is 7.38. The van der Waals surface area contributed by atoms with E-state index in [1.54, 1.807) is 24.3 Å². The Hall–Kier alpha value is -2.83. The van der Waals surface area contributed by atoms with Crippen LogP contribution in [0.3, 0.4) is 0 Å². The van der Waals surface area contributed by atoms with Crippen molar-refractivity contribution in [3.63, 3.8) is 0 Å². The van der Waals surface area contributed by atoms with Crippen molar-refractivity contribution < 1.29 is 14.1 Å². The van der Waals surface area contributed by atoms with Gasteiger partial charge in [0.05, 0.1) is 17.7 Å². The summed E-state index contributed by atoms with van der Waals surface area (Å²) in [7, 11) is 0. The number of nitrogens with one attached hydrogen (secondary N) is 1. The van der Waals surface area contributed by atoms with Crippen LogP contribution in [0.5, 0.6) is 0 Å². The lowest BCUT2D eigenvalue weighted by Gasteiger charge is -2.32. The van der Waals surface area contributed by atoms with Gasteiger partial charge in [0.15, 0.2) is 0 Å². The molecule has 0 radical (unpaired) electrons. The summed E-state index contributed by atoms with van der Waals surface area (Å²) >= 11 is 0. The van der Waals surface area contributed by atoms with Crippen molar-refractivity contribution in [2.75, 3.05) is 18.0 Å². The third-order valence-electron chi connectivity index (χ3n) is 4.44. The van der Waals surface area contributed by atoms with Gasteiger partial charge in [-0.15, -0.1) is 0 Å². The lowest BCUT2D eigenvalue weighted by atomic mass is 9.99. The van der Waals surface area contributed by atoms with Gasteiger partial charge in [0.1, 0.15) is 11.4 Å². The SMILES string of the molecule is C[C@H]1CCCN(c2ccc(C(=O)NCc3ccco3)cc2[N+](=O)[O-])C1. The zero-order chi connectivity index (χ0) is 17.8. The van der Waals surface area contributed by atoms with E-state index < -0.39 is 4.92 Å². The van der Waals surface area contributed by atoms with Crippen molar-refractivity contribution in [3.05, 3.63) is 58.0 Å². The molecule has 2 aromatic rings. The number of furan rings is 1. The molecule has 1 aromatic heterocycles. The summed E-state index contributed by atoms with van der Waals surface area (Å²) in [6, 6.07) is 8.16. The molecule has 1 saturated heterocycles.